The molecule has 1 fully saturated rings. The van der Waals surface area contributed by atoms with Crippen LogP contribution in [0.3, 0.4) is 0 Å². The number of likely N-dealkylation sites (tertiary alicyclic amines) is 1. The fraction of sp³-hybridized carbons (Fsp3) is 0.385. The van der Waals surface area contributed by atoms with Crippen molar-refractivity contribution in [2.45, 2.75) is 18.9 Å². The first-order chi connectivity index (χ1) is 9.42. The van der Waals surface area contributed by atoms with Crippen molar-refractivity contribution in [1.29, 1.82) is 0 Å². The van der Waals surface area contributed by atoms with E-state index in [1.54, 1.807) is 18.2 Å². The Labute approximate surface area is 116 Å². The van der Waals surface area contributed by atoms with Crippen LogP contribution in [0.25, 0.3) is 0 Å². The van der Waals surface area contributed by atoms with Gasteiger partial charge in [-0.2, -0.15) is 0 Å². The minimum absolute atomic E-state index is 0.208. The number of amides is 1. The number of benzene rings is 1. The van der Waals surface area contributed by atoms with Gasteiger partial charge in [0.15, 0.2) is 0 Å². The number of carbonyl (C=O) groups excluding carboxylic acids is 1. The van der Waals surface area contributed by atoms with Crippen LogP contribution in [0.5, 0.6) is 0 Å². The fourth-order valence-corrected chi connectivity index (χ4v) is 3.72. The summed E-state index contributed by atoms with van der Waals surface area (Å²) in [6.07, 6.45) is 0.437. The van der Waals surface area contributed by atoms with Crippen molar-refractivity contribution in [2.75, 3.05) is 12.7 Å². The number of carboxylic acids is 1. The van der Waals surface area contributed by atoms with E-state index < -0.39 is 31.4 Å². The normalized spacial score (nSPS) is 21.4. The van der Waals surface area contributed by atoms with Crippen LogP contribution >= 0.6 is 7.37 Å². The third kappa shape index (κ3) is 3.08. The van der Waals surface area contributed by atoms with E-state index in [0.717, 1.165) is 0 Å². The van der Waals surface area contributed by atoms with E-state index in [1.807, 2.05) is 0 Å². The van der Waals surface area contributed by atoms with Gasteiger partial charge < -0.3 is 14.9 Å². The Kier molecular flexibility index (Phi) is 4.26. The predicted molar refractivity (Wildman–Crippen MR) is 73.1 cm³/mol. The molecule has 1 aliphatic heterocycles. The van der Waals surface area contributed by atoms with Gasteiger partial charge in [0, 0.05) is 11.8 Å². The summed E-state index contributed by atoms with van der Waals surface area (Å²) in [4.78, 5) is 34.3. The molecule has 0 saturated carbocycles. The van der Waals surface area contributed by atoms with Gasteiger partial charge in [-0.1, -0.05) is 18.2 Å². The summed E-state index contributed by atoms with van der Waals surface area (Å²) in [6.45, 7) is 0.324. The van der Waals surface area contributed by atoms with Gasteiger partial charge in [-0.05, 0) is 25.0 Å². The van der Waals surface area contributed by atoms with E-state index in [4.69, 9.17) is 5.11 Å². The van der Waals surface area contributed by atoms with Crippen molar-refractivity contribution in [2.24, 2.45) is 0 Å². The summed E-state index contributed by atoms with van der Waals surface area (Å²) >= 11 is 0. The lowest BCUT2D eigenvalue weighted by molar-refractivity contribution is -0.147. The molecule has 1 saturated heterocycles. The molecule has 1 aromatic carbocycles. The molecule has 0 bridgehead atoms. The molecule has 1 unspecified atom stereocenters. The van der Waals surface area contributed by atoms with Crippen LogP contribution < -0.4 is 5.30 Å². The highest BCUT2D eigenvalue weighted by molar-refractivity contribution is 7.66. The van der Waals surface area contributed by atoms with E-state index in [9.17, 15) is 19.0 Å². The molecule has 2 atom stereocenters. The standard InChI is InChI=1S/C13H16NO5P/c15-12(14-8-4-7-11(14)13(16)17)9-20(18,19)10-5-2-1-3-6-10/h1-3,5-6,11H,4,7-9H2,(H,16,17)(H,18,19)/t11-/m0/s1. The number of hydrogen-bond donors (Lipinski definition) is 2. The molecule has 108 valence electrons. The Hall–Kier alpha value is -1.65. The minimum atomic E-state index is -3.79. The van der Waals surface area contributed by atoms with E-state index in [1.165, 1.54) is 17.0 Å². The van der Waals surface area contributed by atoms with Crippen LogP contribution in [0.15, 0.2) is 30.3 Å². The van der Waals surface area contributed by atoms with Crippen LogP contribution in [-0.4, -0.2) is 45.5 Å². The SMILES string of the molecule is O=C(O)[C@@H]1CCCN1C(=O)CP(=O)(O)c1ccccc1. The second-order valence-corrected chi connectivity index (χ2v) is 7.01. The number of carboxylic acid groups (broad SMARTS) is 1. The zero-order valence-electron chi connectivity index (χ0n) is 10.8. The van der Waals surface area contributed by atoms with Gasteiger partial charge >= 0.3 is 5.97 Å². The molecule has 0 spiro atoms. The highest BCUT2D eigenvalue weighted by atomic mass is 31.2. The lowest BCUT2D eigenvalue weighted by Gasteiger charge is -2.22. The molecule has 20 heavy (non-hydrogen) atoms. The first-order valence-corrected chi connectivity index (χ1v) is 8.16. The summed E-state index contributed by atoms with van der Waals surface area (Å²) in [7, 11) is -3.79. The van der Waals surface area contributed by atoms with Gasteiger partial charge in [-0.3, -0.25) is 9.36 Å². The molecule has 0 aliphatic carbocycles. The molecule has 2 N–H and O–H groups in total. The van der Waals surface area contributed by atoms with E-state index in [0.29, 0.717) is 19.4 Å². The van der Waals surface area contributed by atoms with Gasteiger partial charge in [0.25, 0.3) is 0 Å². The molecular formula is C13H16NO5P. The highest BCUT2D eigenvalue weighted by Gasteiger charge is 2.37. The Morgan fingerprint density at radius 3 is 2.55 bits per heavy atom. The smallest absolute Gasteiger partial charge is 0.326 e. The second kappa shape index (κ2) is 5.77. The van der Waals surface area contributed by atoms with Crippen LogP contribution in [-0.2, 0) is 14.2 Å². The average Bonchev–Trinajstić information content (AvgIpc) is 2.88. The summed E-state index contributed by atoms with van der Waals surface area (Å²) < 4.78 is 12.2. The Balaban J connectivity index is 2.11. The maximum absolute atomic E-state index is 12.2. The molecule has 1 heterocycles. The second-order valence-electron chi connectivity index (χ2n) is 4.78. The maximum atomic E-state index is 12.2. The molecule has 6 nitrogen and oxygen atoms in total. The van der Waals surface area contributed by atoms with Crippen molar-refractivity contribution in [3.8, 4) is 0 Å². The Bertz CT molecular complexity index is 559. The molecule has 1 aliphatic rings. The zero-order valence-corrected chi connectivity index (χ0v) is 11.7. The summed E-state index contributed by atoms with van der Waals surface area (Å²) in [5.74, 6) is -1.65. The van der Waals surface area contributed by atoms with Crippen molar-refractivity contribution in [3.05, 3.63) is 30.3 Å². The third-order valence-electron chi connectivity index (χ3n) is 3.37. The monoisotopic (exact) mass is 297 g/mol. The molecular weight excluding hydrogens is 281 g/mol. The van der Waals surface area contributed by atoms with Crippen molar-refractivity contribution < 1.29 is 24.2 Å². The van der Waals surface area contributed by atoms with Crippen LogP contribution in [0.1, 0.15) is 12.8 Å². The molecule has 7 heteroatoms. The number of nitrogens with zero attached hydrogens (tertiary/aromatic N) is 1. The predicted octanol–water partition coefficient (Wildman–Crippen LogP) is 0.658. The quantitative estimate of drug-likeness (QED) is 0.796. The van der Waals surface area contributed by atoms with Crippen molar-refractivity contribution in [1.82, 2.24) is 4.90 Å². The van der Waals surface area contributed by atoms with Gasteiger partial charge in [0.05, 0.1) is 0 Å². The number of aliphatic carboxylic acids is 1. The molecule has 1 amide bonds. The highest BCUT2D eigenvalue weighted by Crippen LogP contribution is 2.39. The van der Waals surface area contributed by atoms with Crippen molar-refractivity contribution in [3.63, 3.8) is 0 Å². The molecule has 0 radical (unpaired) electrons. The zero-order chi connectivity index (χ0) is 14.8. The number of hydrogen-bond acceptors (Lipinski definition) is 3. The fourth-order valence-electron chi connectivity index (χ4n) is 2.35. The van der Waals surface area contributed by atoms with Gasteiger partial charge in [0.1, 0.15) is 12.2 Å². The first kappa shape index (κ1) is 14.8. The summed E-state index contributed by atoms with van der Waals surface area (Å²) in [5.41, 5.74) is 0. The number of rotatable bonds is 4. The Morgan fingerprint density at radius 2 is 1.95 bits per heavy atom. The lowest BCUT2D eigenvalue weighted by atomic mass is 10.2. The number of carbonyl (C=O) groups is 2. The lowest BCUT2D eigenvalue weighted by Crippen LogP contribution is -2.42. The van der Waals surface area contributed by atoms with Crippen LogP contribution in [0.2, 0.25) is 0 Å². The van der Waals surface area contributed by atoms with Gasteiger partial charge in [0.2, 0.25) is 13.3 Å². The van der Waals surface area contributed by atoms with Gasteiger partial charge in [-0.15, -0.1) is 0 Å². The minimum Gasteiger partial charge on any atom is -0.480 e. The average molecular weight is 297 g/mol. The topological polar surface area (TPSA) is 94.9 Å². The molecule has 2 rings (SSSR count). The van der Waals surface area contributed by atoms with Gasteiger partial charge in [-0.25, -0.2) is 4.79 Å². The van der Waals surface area contributed by atoms with E-state index in [-0.39, 0.29) is 5.30 Å². The summed E-state index contributed by atoms with van der Waals surface area (Å²) in [6, 6.07) is 7.07. The van der Waals surface area contributed by atoms with E-state index >= 15 is 0 Å². The van der Waals surface area contributed by atoms with Crippen LogP contribution in [0.4, 0.5) is 0 Å². The molecule has 0 aromatic heterocycles. The molecule has 1 aromatic rings. The maximum Gasteiger partial charge on any atom is 0.326 e. The Morgan fingerprint density at radius 1 is 1.30 bits per heavy atom. The summed E-state index contributed by atoms with van der Waals surface area (Å²) in [5, 5.41) is 9.23. The van der Waals surface area contributed by atoms with Crippen molar-refractivity contribution >= 4 is 24.5 Å². The van der Waals surface area contributed by atoms with E-state index in [2.05, 4.69) is 0 Å². The third-order valence-corrected chi connectivity index (χ3v) is 5.17. The first-order valence-electron chi connectivity index (χ1n) is 6.31. The van der Waals surface area contributed by atoms with Crippen LogP contribution in [0, 0.1) is 0 Å². The largest absolute Gasteiger partial charge is 0.480 e.